The van der Waals surface area contributed by atoms with E-state index in [1.807, 2.05) is 19.2 Å². The lowest BCUT2D eigenvalue weighted by molar-refractivity contribution is 0.154. The predicted octanol–water partition coefficient (Wildman–Crippen LogP) is 1.35. The molecule has 0 radical (unpaired) electrons. The van der Waals surface area contributed by atoms with Crippen LogP contribution in [0, 0.1) is 6.92 Å². The molecule has 1 N–H and O–H groups in total. The Balaban J connectivity index is 2.10. The highest BCUT2D eigenvalue weighted by Gasteiger charge is 2.18. The van der Waals surface area contributed by atoms with Crippen LogP contribution in [0.5, 0.6) is 0 Å². The number of hydrogen-bond donors (Lipinski definition) is 1. The van der Waals surface area contributed by atoms with Gasteiger partial charge in [-0.15, -0.1) is 0 Å². The van der Waals surface area contributed by atoms with Gasteiger partial charge in [0.1, 0.15) is 5.82 Å². The Labute approximate surface area is 84.4 Å². The molecule has 1 atom stereocenters. The van der Waals surface area contributed by atoms with E-state index >= 15 is 0 Å². The molecule has 0 saturated carbocycles. The van der Waals surface area contributed by atoms with E-state index in [4.69, 9.17) is 0 Å². The largest absolute Gasteiger partial charge is 0.391 e. The van der Waals surface area contributed by atoms with Crippen LogP contribution in [0.4, 0.5) is 5.82 Å². The Morgan fingerprint density at radius 3 is 3.00 bits per heavy atom. The lowest BCUT2D eigenvalue weighted by Crippen LogP contribution is -2.38. The van der Waals surface area contributed by atoms with Crippen molar-refractivity contribution in [3.05, 3.63) is 23.9 Å². The molecule has 0 spiro atoms. The lowest BCUT2D eigenvalue weighted by Gasteiger charge is -2.30. The van der Waals surface area contributed by atoms with Crippen LogP contribution in [0.1, 0.15) is 18.4 Å². The molecule has 1 aromatic heterocycles. The number of anilines is 1. The number of aliphatic hydroxyl groups is 1. The van der Waals surface area contributed by atoms with Gasteiger partial charge in [0, 0.05) is 19.3 Å². The van der Waals surface area contributed by atoms with Crippen molar-refractivity contribution < 1.29 is 5.11 Å². The predicted molar refractivity (Wildman–Crippen MR) is 56.4 cm³/mol. The number of rotatable bonds is 1. The van der Waals surface area contributed by atoms with Gasteiger partial charge in [-0.1, -0.05) is 6.07 Å². The maximum Gasteiger partial charge on any atom is 0.128 e. The van der Waals surface area contributed by atoms with Crippen LogP contribution in [0.25, 0.3) is 0 Å². The highest BCUT2D eigenvalue weighted by Crippen LogP contribution is 2.17. The van der Waals surface area contributed by atoms with Gasteiger partial charge < -0.3 is 10.0 Å². The Bertz CT molecular complexity index is 297. The molecular formula is C11H16N2O. The molecule has 1 aliphatic heterocycles. The van der Waals surface area contributed by atoms with E-state index in [9.17, 15) is 5.11 Å². The second kappa shape index (κ2) is 3.96. The molecule has 0 bridgehead atoms. The van der Waals surface area contributed by atoms with Gasteiger partial charge in [0.2, 0.25) is 0 Å². The van der Waals surface area contributed by atoms with Gasteiger partial charge in [-0.25, -0.2) is 4.98 Å². The summed E-state index contributed by atoms with van der Waals surface area (Å²) in [5.74, 6) is 0.981. The minimum absolute atomic E-state index is 0.188. The second-order valence-corrected chi connectivity index (χ2v) is 3.94. The number of aryl methyl sites for hydroxylation is 1. The molecule has 3 heteroatoms. The van der Waals surface area contributed by atoms with Crippen molar-refractivity contribution in [2.45, 2.75) is 25.9 Å². The maximum atomic E-state index is 9.53. The highest BCUT2D eigenvalue weighted by atomic mass is 16.3. The molecule has 1 aliphatic rings. The summed E-state index contributed by atoms with van der Waals surface area (Å²) in [7, 11) is 0. The van der Waals surface area contributed by atoms with Gasteiger partial charge in [0.15, 0.2) is 0 Å². The minimum atomic E-state index is -0.188. The molecule has 0 aromatic carbocycles. The fourth-order valence-electron chi connectivity index (χ4n) is 1.81. The minimum Gasteiger partial charge on any atom is -0.391 e. The molecule has 1 fully saturated rings. The first-order valence-electron chi connectivity index (χ1n) is 5.11. The van der Waals surface area contributed by atoms with Crippen LogP contribution in [-0.4, -0.2) is 29.3 Å². The summed E-state index contributed by atoms with van der Waals surface area (Å²) in [4.78, 5) is 6.50. The first kappa shape index (κ1) is 9.46. The molecule has 0 unspecified atom stereocenters. The summed E-state index contributed by atoms with van der Waals surface area (Å²) in [5.41, 5.74) is 1.17. The zero-order valence-corrected chi connectivity index (χ0v) is 8.48. The van der Waals surface area contributed by atoms with Crippen molar-refractivity contribution in [1.82, 2.24) is 4.98 Å². The van der Waals surface area contributed by atoms with Crippen molar-refractivity contribution in [1.29, 1.82) is 0 Å². The van der Waals surface area contributed by atoms with E-state index < -0.39 is 0 Å². The van der Waals surface area contributed by atoms with Crippen LogP contribution >= 0.6 is 0 Å². The molecule has 14 heavy (non-hydrogen) atoms. The van der Waals surface area contributed by atoms with Crippen LogP contribution < -0.4 is 4.90 Å². The van der Waals surface area contributed by atoms with E-state index in [-0.39, 0.29) is 6.10 Å². The number of nitrogens with zero attached hydrogens (tertiary/aromatic N) is 2. The molecule has 0 aliphatic carbocycles. The van der Waals surface area contributed by atoms with Crippen molar-refractivity contribution in [3.8, 4) is 0 Å². The Hall–Kier alpha value is -1.09. The summed E-state index contributed by atoms with van der Waals surface area (Å²) in [5, 5.41) is 9.53. The summed E-state index contributed by atoms with van der Waals surface area (Å²) >= 11 is 0. The zero-order valence-electron chi connectivity index (χ0n) is 8.48. The molecule has 0 amide bonds. The monoisotopic (exact) mass is 192 g/mol. The van der Waals surface area contributed by atoms with E-state index in [1.54, 1.807) is 0 Å². The molecular weight excluding hydrogens is 176 g/mol. The third-order valence-electron chi connectivity index (χ3n) is 2.62. The van der Waals surface area contributed by atoms with E-state index in [1.165, 1.54) is 5.56 Å². The standard InChI is InChI=1S/C11H16N2O/c1-9-4-5-11(12-7-9)13-6-2-3-10(14)8-13/h4-5,7,10,14H,2-3,6,8H2,1H3/t10-/m0/s1. The van der Waals surface area contributed by atoms with Crippen molar-refractivity contribution >= 4 is 5.82 Å². The first-order chi connectivity index (χ1) is 6.75. The topological polar surface area (TPSA) is 36.4 Å². The fraction of sp³-hybridized carbons (Fsp3) is 0.545. The van der Waals surface area contributed by atoms with E-state index in [0.29, 0.717) is 0 Å². The Morgan fingerprint density at radius 1 is 1.50 bits per heavy atom. The Kier molecular flexibility index (Phi) is 2.68. The number of aromatic nitrogens is 1. The second-order valence-electron chi connectivity index (χ2n) is 3.94. The maximum absolute atomic E-state index is 9.53. The average molecular weight is 192 g/mol. The summed E-state index contributed by atoms with van der Waals surface area (Å²) < 4.78 is 0. The highest BCUT2D eigenvalue weighted by molar-refractivity contribution is 5.39. The number of hydrogen-bond acceptors (Lipinski definition) is 3. The van der Waals surface area contributed by atoms with E-state index in [2.05, 4.69) is 16.0 Å². The number of piperidine rings is 1. The van der Waals surface area contributed by atoms with Crippen molar-refractivity contribution in [3.63, 3.8) is 0 Å². The van der Waals surface area contributed by atoms with Crippen LogP contribution in [0.2, 0.25) is 0 Å². The molecule has 1 aromatic rings. The van der Waals surface area contributed by atoms with Crippen LogP contribution in [0.15, 0.2) is 18.3 Å². The third-order valence-corrected chi connectivity index (χ3v) is 2.62. The fourth-order valence-corrected chi connectivity index (χ4v) is 1.81. The smallest absolute Gasteiger partial charge is 0.128 e. The van der Waals surface area contributed by atoms with Gasteiger partial charge in [-0.3, -0.25) is 0 Å². The molecule has 76 valence electrons. The summed E-state index contributed by atoms with van der Waals surface area (Å²) in [6, 6.07) is 4.08. The normalized spacial score (nSPS) is 22.4. The third kappa shape index (κ3) is 2.04. The number of aliphatic hydroxyl groups excluding tert-OH is 1. The average Bonchev–Trinajstić information content (AvgIpc) is 2.19. The lowest BCUT2D eigenvalue weighted by atomic mass is 10.1. The van der Waals surface area contributed by atoms with Gasteiger partial charge in [0.25, 0.3) is 0 Å². The quantitative estimate of drug-likeness (QED) is 0.729. The SMILES string of the molecule is Cc1ccc(N2CCC[C@H](O)C2)nc1. The Morgan fingerprint density at radius 2 is 2.36 bits per heavy atom. The molecule has 1 saturated heterocycles. The van der Waals surface area contributed by atoms with Gasteiger partial charge in [-0.05, 0) is 31.4 Å². The number of pyridine rings is 1. The van der Waals surface area contributed by atoms with E-state index in [0.717, 1.165) is 31.7 Å². The van der Waals surface area contributed by atoms with Crippen molar-refractivity contribution in [2.24, 2.45) is 0 Å². The molecule has 3 nitrogen and oxygen atoms in total. The molecule has 2 heterocycles. The number of β-amino-alcohol motifs (C(OH)–C–C–N with tert-alkyl or cyclic N) is 1. The van der Waals surface area contributed by atoms with Gasteiger partial charge in [0.05, 0.1) is 6.10 Å². The first-order valence-corrected chi connectivity index (χ1v) is 5.11. The van der Waals surface area contributed by atoms with Crippen molar-refractivity contribution in [2.75, 3.05) is 18.0 Å². The van der Waals surface area contributed by atoms with Gasteiger partial charge >= 0.3 is 0 Å². The summed E-state index contributed by atoms with van der Waals surface area (Å²) in [6.45, 7) is 3.75. The zero-order chi connectivity index (χ0) is 9.97. The summed E-state index contributed by atoms with van der Waals surface area (Å²) in [6.07, 6.45) is 3.65. The van der Waals surface area contributed by atoms with Crippen LogP contribution in [-0.2, 0) is 0 Å². The van der Waals surface area contributed by atoms with Gasteiger partial charge in [-0.2, -0.15) is 0 Å². The molecule has 2 rings (SSSR count). The van der Waals surface area contributed by atoms with Crippen LogP contribution in [0.3, 0.4) is 0 Å².